The lowest BCUT2D eigenvalue weighted by molar-refractivity contribution is 0.102. The average Bonchev–Trinajstić information content (AvgIpc) is 3.06. The van der Waals surface area contributed by atoms with Crippen LogP contribution in [0.2, 0.25) is 0 Å². The van der Waals surface area contributed by atoms with Crippen molar-refractivity contribution in [2.24, 2.45) is 0 Å². The number of nitrogens with one attached hydrogen (secondary N) is 1. The summed E-state index contributed by atoms with van der Waals surface area (Å²) in [5.74, 6) is 1.02. The van der Waals surface area contributed by atoms with Crippen molar-refractivity contribution in [3.8, 4) is 11.3 Å². The molecule has 0 aliphatic carbocycles. The van der Waals surface area contributed by atoms with Gasteiger partial charge in [0, 0.05) is 16.8 Å². The first-order valence-electron chi connectivity index (χ1n) is 7.75. The molecule has 0 saturated carbocycles. The van der Waals surface area contributed by atoms with Gasteiger partial charge in [-0.2, -0.15) is 0 Å². The Morgan fingerprint density at radius 1 is 1.08 bits per heavy atom. The molecule has 0 saturated heterocycles. The van der Waals surface area contributed by atoms with Crippen LogP contribution < -0.4 is 5.32 Å². The van der Waals surface area contributed by atoms with Gasteiger partial charge in [-0.15, -0.1) is 0 Å². The predicted molar refractivity (Wildman–Crippen MR) is 93.9 cm³/mol. The Labute approximate surface area is 140 Å². The summed E-state index contributed by atoms with van der Waals surface area (Å²) in [6.07, 6.45) is 0. The summed E-state index contributed by atoms with van der Waals surface area (Å²) < 4.78 is 5.56. The van der Waals surface area contributed by atoms with Crippen molar-refractivity contribution in [2.75, 3.05) is 5.32 Å². The fraction of sp³-hybridized carbons (Fsp3) is 0.150. The largest absolute Gasteiger partial charge is 0.459 e. The number of amides is 1. The Balaban J connectivity index is 1.87. The Morgan fingerprint density at radius 3 is 2.62 bits per heavy atom. The number of rotatable bonds is 4. The van der Waals surface area contributed by atoms with Crippen LogP contribution in [0.3, 0.4) is 0 Å². The average molecular weight is 321 g/mol. The molecule has 122 valence electrons. The van der Waals surface area contributed by atoms with Gasteiger partial charge in [0.25, 0.3) is 5.91 Å². The molecule has 1 amide bonds. The van der Waals surface area contributed by atoms with Gasteiger partial charge in [0.1, 0.15) is 18.1 Å². The molecular weight excluding hydrogens is 302 g/mol. The van der Waals surface area contributed by atoms with Crippen LogP contribution in [0.15, 0.2) is 59.0 Å². The van der Waals surface area contributed by atoms with Crippen molar-refractivity contribution in [1.82, 2.24) is 0 Å². The fourth-order valence-corrected chi connectivity index (χ4v) is 2.51. The van der Waals surface area contributed by atoms with E-state index in [9.17, 15) is 4.79 Å². The van der Waals surface area contributed by atoms with Gasteiger partial charge >= 0.3 is 0 Å². The van der Waals surface area contributed by atoms with E-state index in [1.807, 2.05) is 56.3 Å². The van der Waals surface area contributed by atoms with E-state index in [1.54, 1.807) is 12.1 Å². The predicted octanol–water partition coefficient (Wildman–Crippen LogP) is 4.31. The molecule has 0 spiro atoms. The van der Waals surface area contributed by atoms with Gasteiger partial charge < -0.3 is 14.8 Å². The highest BCUT2D eigenvalue weighted by atomic mass is 16.4. The molecule has 0 aliphatic rings. The van der Waals surface area contributed by atoms with Crippen LogP contribution in [0.4, 0.5) is 5.69 Å². The molecule has 0 fully saturated rings. The molecule has 0 bridgehead atoms. The molecule has 2 N–H and O–H groups in total. The van der Waals surface area contributed by atoms with Crippen LogP contribution in [0, 0.1) is 13.8 Å². The van der Waals surface area contributed by atoms with Gasteiger partial charge in [0.05, 0.1) is 0 Å². The van der Waals surface area contributed by atoms with E-state index in [1.165, 1.54) is 0 Å². The molecular formula is C20H19NO3. The van der Waals surface area contributed by atoms with E-state index >= 15 is 0 Å². The number of aryl methyl sites for hydroxylation is 2. The molecule has 0 atom stereocenters. The highest BCUT2D eigenvalue weighted by Crippen LogP contribution is 2.27. The van der Waals surface area contributed by atoms with E-state index in [2.05, 4.69) is 5.32 Å². The molecule has 0 radical (unpaired) electrons. The van der Waals surface area contributed by atoms with Gasteiger partial charge in [-0.25, -0.2) is 0 Å². The van der Waals surface area contributed by atoms with Crippen LogP contribution in [0.1, 0.15) is 27.2 Å². The minimum Gasteiger partial charge on any atom is -0.459 e. The van der Waals surface area contributed by atoms with Crippen molar-refractivity contribution in [3.63, 3.8) is 0 Å². The Bertz CT molecular complexity index is 880. The van der Waals surface area contributed by atoms with Crippen molar-refractivity contribution in [3.05, 3.63) is 77.0 Å². The number of aliphatic hydroxyl groups is 1. The monoisotopic (exact) mass is 321 g/mol. The number of carbonyl (C=O) groups excluding carboxylic acids is 1. The maximum absolute atomic E-state index is 12.4. The van der Waals surface area contributed by atoms with E-state index in [0.717, 1.165) is 22.4 Å². The first-order valence-corrected chi connectivity index (χ1v) is 7.75. The lowest BCUT2D eigenvalue weighted by Gasteiger charge is -2.10. The van der Waals surface area contributed by atoms with Crippen LogP contribution >= 0.6 is 0 Å². The summed E-state index contributed by atoms with van der Waals surface area (Å²) in [6.45, 7) is 3.76. The zero-order chi connectivity index (χ0) is 17.1. The van der Waals surface area contributed by atoms with E-state index in [0.29, 0.717) is 17.1 Å². The van der Waals surface area contributed by atoms with Gasteiger partial charge in [0.2, 0.25) is 0 Å². The quantitative estimate of drug-likeness (QED) is 0.753. The summed E-state index contributed by atoms with van der Waals surface area (Å²) in [5.41, 5.74) is 4.22. The minimum atomic E-state index is -0.144. The highest BCUT2D eigenvalue weighted by molar-refractivity contribution is 6.05. The molecule has 0 aliphatic heterocycles. The topological polar surface area (TPSA) is 62.5 Å². The van der Waals surface area contributed by atoms with Crippen LogP contribution in [0.5, 0.6) is 0 Å². The maximum atomic E-state index is 12.4. The van der Waals surface area contributed by atoms with E-state index < -0.39 is 0 Å². The van der Waals surface area contributed by atoms with Crippen molar-refractivity contribution in [1.29, 1.82) is 0 Å². The minimum absolute atomic E-state index is 0.136. The number of hydrogen-bond acceptors (Lipinski definition) is 3. The highest BCUT2D eigenvalue weighted by Gasteiger charge is 2.11. The molecule has 3 aromatic rings. The molecule has 3 rings (SSSR count). The fourth-order valence-electron chi connectivity index (χ4n) is 2.51. The third-order valence-electron chi connectivity index (χ3n) is 3.87. The lowest BCUT2D eigenvalue weighted by atomic mass is 10.1. The third-order valence-corrected chi connectivity index (χ3v) is 3.87. The second kappa shape index (κ2) is 6.72. The van der Waals surface area contributed by atoms with E-state index in [4.69, 9.17) is 9.52 Å². The number of furan rings is 1. The number of anilines is 1. The molecule has 4 heteroatoms. The summed E-state index contributed by atoms with van der Waals surface area (Å²) in [4.78, 5) is 12.4. The molecule has 24 heavy (non-hydrogen) atoms. The van der Waals surface area contributed by atoms with Gasteiger partial charge in [-0.1, -0.05) is 29.8 Å². The lowest BCUT2D eigenvalue weighted by Crippen LogP contribution is -2.12. The molecule has 0 unspecified atom stereocenters. The second-order valence-corrected chi connectivity index (χ2v) is 5.78. The Morgan fingerprint density at radius 2 is 1.92 bits per heavy atom. The summed E-state index contributed by atoms with van der Waals surface area (Å²) in [6, 6.07) is 16.8. The SMILES string of the molecule is Cc1cccc(C(=O)Nc2cc(-c3ccc(CO)o3)ccc2C)c1. The van der Waals surface area contributed by atoms with Crippen LogP contribution in [-0.2, 0) is 6.61 Å². The van der Waals surface area contributed by atoms with Gasteiger partial charge in [-0.05, 0) is 49.7 Å². The van der Waals surface area contributed by atoms with Crippen molar-refractivity contribution in [2.45, 2.75) is 20.5 Å². The van der Waals surface area contributed by atoms with E-state index in [-0.39, 0.29) is 12.5 Å². The van der Waals surface area contributed by atoms with Crippen molar-refractivity contribution >= 4 is 11.6 Å². The van der Waals surface area contributed by atoms with Gasteiger partial charge in [0.15, 0.2) is 0 Å². The van der Waals surface area contributed by atoms with Gasteiger partial charge in [-0.3, -0.25) is 4.79 Å². The normalized spacial score (nSPS) is 10.6. The standard InChI is InChI=1S/C20H19NO3/c1-13-4-3-5-16(10-13)20(23)21-18-11-15(7-6-14(18)2)19-9-8-17(12-22)24-19/h3-11,22H,12H2,1-2H3,(H,21,23). The number of aliphatic hydroxyl groups excluding tert-OH is 1. The molecule has 2 aromatic carbocycles. The van der Waals surface area contributed by atoms with Crippen molar-refractivity contribution < 1.29 is 14.3 Å². The first-order chi connectivity index (χ1) is 11.6. The number of benzene rings is 2. The summed E-state index contributed by atoms with van der Waals surface area (Å²) >= 11 is 0. The zero-order valence-electron chi connectivity index (χ0n) is 13.7. The maximum Gasteiger partial charge on any atom is 0.255 e. The number of carbonyl (C=O) groups is 1. The Hall–Kier alpha value is -2.85. The summed E-state index contributed by atoms with van der Waals surface area (Å²) in [5, 5.41) is 12.1. The number of hydrogen-bond donors (Lipinski definition) is 2. The van der Waals surface area contributed by atoms with Crippen LogP contribution in [-0.4, -0.2) is 11.0 Å². The first kappa shape index (κ1) is 16.0. The molecule has 1 aromatic heterocycles. The van der Waals surface area contributed by atoms with Crippen LogP contribution in [0.25, 0.3) is 11.3 Å². The molecule has 1 heterocycles. The molecule has 4 nitrogen and oxygen atoms in total. The third kappa shape index (κ3) is 3.39. The smallest absolute Gasteiger partial charge is 0.255 e. The Kier molecular flexibility index (Phi) is 4.49. The zero-order valence-corrected chi connectivity index (χ0v) is 13.7. The summed E-state index contributed by atoms with van der Waals surface area (Å²) in [7, 11) is 0. The second-order valence-electron chi connectivity index (χ2n) is 5.78.